The molecule has 3 heteroatoms. The van der Waals surface area contributed by atoms with Gasteiger partial charge in [0.05, 0.1) is 29.3 Å². The van der Waals surface area contributed by atoms with Gasteiger partial charge < -0.3 is 9.88 Å². The van der Waals surface area contributed by atoms with Crippen LogP contribution in [0.15, 0.2) is 164 Å². The Labute approximate surface area is 272 Å². The number of thiophene rings is 1. The van der Waals surface area contributed by atoms with E-state index in [2.05, 4.69) is 119 Å². The van der Waals surface area contributed by atoms with E-state index in [0.717, 1.165) is 39.2 Å². The van der Waals surface area contributed by atoms with Crippen molar-refractivity contribution in [1.82, 2.24) is 4.57 Å². The first-order chi connectivity index (χ1) is 24.4. The molecule has 0 spiro atoms. The van der Waals surface area contributed by atoms with E-state index in [1.165, 1.54) is 30.9 Å². The summed E-state index contributed by atoms with van der Waals surface area (Å²) in [6.45, 7) is 0. The second-order valence-corrected chi connectivity index (χ2v) is 12.1. The van der Waals surface area contributed by atoms with Gasteiger partial charge in [0.25, 0.3) is 0 Å². The number of benzene rings is 7. The number of aromatic nitrogens is 1. The third-order valence-corrected chi connectivity index (χ3v) is 9.64. The molecule has 0 fully saturated rings. The van der Waals surface area contributed by atoms with Crippen LogP contribution in [0.25, 0.3) is 69.9 Å². The summed E-state index contributed by atoms with van der Waals surface area (Å²) in [5, 5.41) is 8.57. The maximum Gasteiger partial charge on any atom is 0.0709 e. The van der Waals surface area contributed by atoms with Gasteiger partial charge in [-0.25, -0.2) is 0 Å². The minimum atomic E-state index is -0.398. The molecule has 0 aliphatic rings. The molecule has 0 aliphatic carbocycles. The summed E-state index contributed by atoms with van der Waals surface area (Å²) in [5.41, 5.74) is 7.84. The molecular formula is C42H28N2S. The second-order valence-electron chi connectivity index (χ2n) is 11.0. The highest BCUT2D eigenvalue weighted by Crippen LogP contribution is 2.45. The molecule has 2 heterocycles. The van der Waals surface area contributed by atoms with E-state index < -0.39 is 6.04 Å². The van der Waals surface area contributed by atoms with E-state index in [9.17, 15) is 0 Å². The lowest BCUT2D eigenvalue weighted by atomic mass is 9.96. The van der Waals surface area contributed by atoms with Crippen LogP contribution in [0.3, 0.4) is 0 Å². The summed E-state index contributed by atoms with van der Waals surface area (Å²) in [6, 6.07) is 44.4. The van der Waals surface area contributed by atoms with Crippen LogP contribution in [0.2, 0.25) is 0 Å². The quantitative estimate of drug-likeness (QED) is 0.209. The van der Waals surface area contributed by atoms with E-state index in [0.29, 0.717) is 5.56 Å². The van der Waals surface area contributed by atoms with Crippen LogP contribution < -0.4 is 5.32 Å². The van der Waals surface area contributed by atoms with E-state index in [1.807, 2.05) is 24.3 Å². The van der Waals surface area contributed by atoms with E-state index in [4.69, 9.17) is 6.85 Å². The Morgan fingerprint density at radius 3 is 1.89 bits per heavy atom. The van der Waals surface area contributed by atoms with Crippen molar-refractivity contribution in [3.05, 3.63) is 164 Å². The van der Waals surface area contributed by atoms with Crippen LogP contribution in [-0.4, -0.2) is 4.57 Å². The van der Waals surface area contributed by atoms with E-state index in [1.54, 1.807) is 11.3 Å². The fourth-order valence-electron chi connectivity index (χ4n) is 6.52. The van der Waals surface area contributed by atoms with Crippen LogP contribution >= 0.6 is 11.3 Å². The van der Waals surface area contributed by atoms with Gasteiger partial charge in [-0.1, -0.05) is 121 Å². The van der Waals surface area contributed by atoms with Crippen molar-refractivity contribution in [3.63, 3.8) is 0 Å². The van der Waals surface area contributed by atoms with Gasteiger partial charge in [-0.15, -0.1) is 11.3 Å². The molecule has 0 saturated heterocycles. The summed E-state index contributed by atoms with van der Waals surface area (Å²) >= 11 is 1.80. The highest BCUT2D eigenvalue weighted by molar-refractivity contribution is 7.25. The topological polar surface area (TPSA) is 17.0 Å². The molecule has 2 nitrogen and oxygen atoms in total. The average Bonchev–Trinajstić information content (AvgIpc) is 3.70. The van der Waals surface area contributed by atoms with Crippen molar-refractivity contribution < 1.29 is 6.85 Å². The zero-order valence-corrected chi connectivity index (χ0v) is 24.9. The van der Waals surface area contributed by atoms with Crippen molar-refractivity contribution in [2.45, 2.75) is 0 Å². The first kappa shape index (κ1) is 21.1. The maximum atomic E-state index is 8.49. The molecule has 45 heavy (non-hydrogen) atoms. The predicted octanol–water partition coefficient (Wildman–Crippen LogP) is 12.2. The van der Waals surface area contributed by atoms with Crippen LogP contribution in [0.1, 0.15) is 6.85 Å². The SMILES string of the molecule is [2H]c1c([2H])c([2H])c(-c2ccc(Nc3c(-c4cccc5sc6ccccc6c45)cccc3-n3c4ccccc4c4ccccc43)cc2)c([2H])c1[2H]. The molecule has 0 radical (unpaired) electrons. The Bertz CT molecular complexity index is 2720. The zero-order valence-electron chi connectivity index (χ0n) is 29.1. The van der Waals surface area contributed by atoms with Gasteiger partial charge in [-0.3, -0.25) is 0 Å². The van der Waals surface area contributed by atoms with Gasteiger partial charge >= 0.3 is 0 Å². The first-order valence-corrected chi connectivity index (χ1v) is 15.7. The lowest BCUT2D eigenvalue weighted by Crippen LogP contribution is -2.02. The number of fused-ring (bicyclic) bond motifs is 6. The Morgan fingerprint density at radius 1 is 0.511 bits per heavy atom. The van der Waals surface area contributed by atoms with Crippen LogP contribution in [0.4, 0.5) is 11.4 Å². The van der Waals surface area contributed by atoms with Gasteiger partial charge in [0.2, 0.25) is 0 Å². The zero-order chi connectivity index (χ0) is 34.1. The molecule has 1 N–H and O–H groups in total. The standard InChI is InChI=1S/C42H28N2S/c1-2-12-28(13-3-1)29-24-26-30(27-25-29)43-42-34(33-17-11-23-40-41(33)35-16-6-9-22-39(35)45-40)18-10-21-38(42)44-36-19-7-4-14-31(36)32-15-5-8-20-37(32)44/h1-27,43H/i1D,2D,3D,12D,13D. The maximum absolute atomic E-state index is 8.49. The van der Waals surface area contributed by atoms with Crippen molar-refractivity contribution >= 4 is 64.7 Å². The van der Waals surface area contributed by atoms with Crippen molar-refractivity contribution in [1.29, 1.82) is 0 Å². The summed E-state index contributed by atoms with van der Waals surface area (Å²) in [5.74, 6) is 0. The van der Waals surface area contributed by atoms with E-state index in [-0.39, 0.29) is 29.7 Å². The number of nitrogens with one attached hydrogen (secondary N) is 1. The van der Waals surface area contributed by atoms with Gasteiger partial charge in [0.15, 0.2) is 0 Å². The van der Waals surface area contributed by atoms with Gasteiger partial charge in [0.1, 0.15) is 0 Å². The molecule has 0 amide bonds. The minimum Gasteiger partial charge on any atom is -0.353 e. The van der Waals surface area contributed by atoms with Crippen LogP contribution in [-0.2, 0) is 0 Å². The summed E-state index contributed by atoms with van der Waals surface area (Å²) in [6.07, 6.45) is 0. The third-order valence-electron chi connectivity index (χ3n) is 8.50. The Morgan fingerprint density at radius 2 is 1.13 bits per heavy atom. The molecule has 0 unspecified atom stereocenters. The lowest BCUT2D eigenvalue weighted by molar-refractivity contribution is 1.18. The number of hydrogen-bond acceptors (Lipinski definition) is 2. The molecule has 0 bridgehead atoms. The average molecular weight is 598 g/mol. The molecule has 212 valence electrons. The van der Waals surface area contributed by atoms with Crippen molar-refractivity contribution in [3.8, 4) is 27.9 Å². The number of nitrogens with zero attached hydrogens (tertiary/aromatic N) is 1. The number of anilines is 2. The largest absolute Gasteiger partial charge is 0.353 e. The molecule has 2 aromatic heterocycles. The van der Waals surface area contributed by atoms with Gasteiger partial charge in [-0.2, -0.15) is 0 Å². The Hall–Kier alpha value is -5.64. The summed E-state index contributed by atoms with van der Waals surface area (Å²) < 4.78 is 46.1. The minimum absolute atomic E-state index is 0.185. The van der Waals surface area contributed by atoms with Crippen LogP contribution in [0, 0.1) is 0 Å². The summed E-state index contributed by atoms with van der Waals surface area (Å²) in [7, 11) is 0. The molecule has 9 aromatic rings. The van der Waals surface area contributed by atoms with Crippen molar-refractivity contribution in [2.75, 3.05) is 5.32 Å². The molecule has 0 saturated carbocycles. The molecular weight excluding hydrogens is 565 g/mol. The Balaban J connectivity index is 1.28. The van der Waals surface area contributed by atoms with Crippen LogP contribution in [0.5, 0.6) is 0 Å². The highest BCUT2D eigenvalue weighted by atomic mass is 32.1. The summed E-state index contributed by atoms with van der Waals surface area (Å²) in [4.78, 5) is 0. The molecule has 0 atom stereocenters. The molecule has 9 rings (SSSR count). The monoisotopic (exact) mass is 597 g/mol. The molecule has 7 aromatic carbocycles. The van der Waals surface area contributed by atoms with Gasteiger partial charge in [0, 0.05) is 42.2 Å². The Kier molecular flexibility index (Phi) is 4.94. The van der Waals surface area contributed by atoms with Crippen molar-refractivity contribution in [2.24, 2.45) is 0 Å². The predicted molar refractivity (Wildman–Crippen MR) is 194 cm³/mol. The fourth-order valence-corrected chi connectivity index (χ4v) is 7.65. The fraction of sp³-hybridized carbons (Fsp3) is 0. The first-order valence-electron chi connectivity index (χ1n) is 17.4. The highest BCUT2D eigenvalue weighted by Gasteiger charge is 2.20. The van der Waals surface area contributed by atoms with E-state index >= 15 is 0 Å². The third kappa shape index (κ3) is 4.24. The molecule has 0 aliphatic heterocycles. The number of para-hydroxylation sites is 3. The smallest absolute Gasteiger partial charge is 0.0709 e. The second kappa shape index (κ2) is 10.5. The number of rotatable bonds is 5. The number of hydrogen-bond donors (Lipinski definition) is 1. The van der Waals surface area contributed by atoms with Gasteiger partial charge in [-0.05, 0) is 59.2 Å². The normalized spacial score (nSPS) is 13.1. The lowest BCUT2D eigenvalue weighted by Gasteiger charge is -2.20.